The van der Waals surface area contributed by atoms with Crippen LogP contribution in [0.4, 0.5) is 8.78 Å². The molecule has 0 fully saturated rings. The van der Waals surface area contributed by atoms with E-state index in [1.807, 2.05) is 0 Å². The highest BCUT2D eigenvalue weighted by atomic mass is 35.5. The summed E-state index contributed by atoms with van der Waals surface area (Å²) < 4.78 is 25.3. The van der Waals surface area contributed by atoms with Crippen molar-refractivity contribution in [3.05, 3.63) is 34.6 Å². The van der Waals surface area contributed by atoms with Gasteiger partial charge in [-0.15, -0.1) is 0 Å². The van der Waals surface area contributed by atoms with E-state index in [-0.39, 0.29) is 5.02 Å². The summed E-state index contributed by atoms with van der Waals surface area (Å²) in [5, 5.41) is -0.233. The lowest BCUT2D eigenvalue weighted by molar-refractivity contribution is 0.0930. The maximum Gasteiger partial charge on any atom is 0.235 e. The fourth-order valence-corrected chi connectivity index (χ4v) is 1.10. The largest absolute Gasteiger partial charge is 0.289 e. The molecule has 5 heteroatoms. The highest BCUT2D eigenvalue weighted by Crippen LogP contribution is 2.20. The SMILES string of the molecule is O=C(c1cccc(Cl)c1F)C(F)Cl. The van der Waals surface area contributed by atoms with Gasteiger partial charge in [0.15, 0.2) is 5.82 Å². The van der Waals surface area contributed by atoms with Crippen LogP contribution in [-0.4, -0.2) is 11.4 Å². The van der Waals surface area contributed by atoms with Gasteiger partial charge in [-0.2, -0.15) is 0 Å². The summed E-state index contributed by atoms with van der Waals surface area (Å²) in [6.45, 7) is 0. The van der Waals surface area contributed by atoms with E-state index in [1.54, 1.807) is 0 Å². The van der Waals surface area contributed by atoms with E-state index in [4.69, 9.17) is 23.2 Å². The summed E-state index contributed by atoms with van der Waals surface area (Å²) in [7, 11) is 0. The molecule has 1 nitrogen and oxygen atoms in total. The van der Waals surface area contributed by atoms with E-state index in [0.717, 1.165) is 6.07 Å². The molecule has 1 atom stereocenters. The van der Waals surface area contributed by atoms with Crippen molar-refractivity contribution in [1.82, 2.24) is 0 Å². The first-order valence-corrected chi connectivity index (χ1v) is 4.12. The normalized spacial score (nSPS) is 12.6. The molecule has 0 bridgehead atoms. The average molecular weight is 225 g/mol. The van der Waals surface area contributed by atoms with Crippen molar-refractivity contribution in [2.45, 2.75) is 5.63 Å². The van der Waals surface area contributed by atoms with Crippen LogP contribution in [0.15, 0.2) is 18.2 Å². The van der Waals surface area contributed by atoms with Crippen molar-refractivity contribution in [1.29, 1.82) is 0 Å². The molecule has 0 radical (unpaired) electrons. The number of Topliss-reactive ketones (excluding diaryl/α,β-unsaturated/α-hetero) is 1. The van der Waals surface area contributed by atoms with Gasteiger partial charge in [-0.3, -0.25) is 4.79 Å². The van der Waals surface area contributed by atoms with Gasteiger partial charge in [0.2, 0.25) is 11.4 Å². The zero-order valence-electron chi connectivity index (χ0n) is 6.23. The lowest BCUT2D eigenvalue weighted by Gasteiger charge is -2.02. The highest BCUT2D eigenvalue weighted by molar-refractivity contribution is 6.34. The zero-order valence-corrected chi connectivity index (χ0v) is 7.74. The summed E-state index contributed by atoms with van der Waals surface area (Å²) in [4.78, 5) is 10.9. The van der Waals surface area contributed by atoms with E-state index in [0.29, 0.717) is 0 Å². The second-order valence-corrected chi connectivity index (χ2v) is 3.06. The van der Waals surface area contributed by atoms with E-state index < -0.39 is 22.8 Å². The van der Waals surface area contributed by atoms with Gasteiger partial charge in [0.05, 0.1) is 10.6 Å². The first-order valence-electron chi connectivity index (χ1n) is 3.30. The Morgan fingerprint density at radius 3 is 2.62 bits per heavy atom. The fourth-order valence-electron chi connectivity index (χ4n) is 0.812. The molecule has 0 saturated carbocycles. The number of hydrogen-bond acceptors (Lipinski definition) is 1. The molecule has 1 unspecified atom stereocenters. The van der Waals surface area contributed by atoms with Crippen molar-refractivity contribution in [3.8, 4) is 0 Å². The Hall–Kier alpha value is -0.670. The van der Waals surface area contributed by atoms with Crippen LogP contribution in [-0.2, 0) is 0 Å². The minimum absolute atomic E-state index is 0.233. The number of carbonyl (C=O) groups excluding carboxylic acids is 1. The molecule has 0 spiro atoms. The molecule has 0 aliphatic heterocycles. The predicted molar refractivity (Wildman–Crippen MR) is 46.5 cm³/mol. The zero-order chi connectivity index (χ0) is 10.0. The Kier molecular flexibility index (Phi) is 3.22. The first-order chi connectivity index (χ1) is 6.04. The van der Waals surface area contributed by atoms with Crippen molar-refractivity contribution >= 4 is 29.0 Å². The topological polar surface area (TPSA) is 17.1 Å². The lowest BCUT2D eigenvalue weighted by atomic mass is 10.1. The lowest BCUT2D eigenvalue weighted by Crippen LogP contribution is -2.11. The number of carbonyl (C=O) groups is 1. The molecule has 1 rings (SSSR count). The van der Waals surface area contributed by atoms with Crippen molar-refractivity contribution in [2.75, 3.05) is 0 Å². The number of rotatable bonds is 2. The van der Waals surface area contributed by atoms with Crippen LogP contribution in [0.1, 0.15) is 10.4 Å². The van der Waals surface area contributed by atoms with Crippen LogP contribution in [0.2, 0.25) is 5.02 Å². The van der Waals surface area contributed by atoms with Crippen molar-refractivity contribution in [2.24, 2.45) is 0 Å². The van der Waals surface area contributed by atoms with Crippen LogP contribution in [0.3, 0.4) is 0 Å². The summed E-state index contributed by atoms with van der Waals surface area (Å²) >= 11 is 10.2. The van der Waals surface area contributed by atoms with Gasteiger partial charge in [0.25, 0.3) is 0 Å². The number of hydrogen-bond donors (Lipinski definition) is 0. The van der Waals surface area contributed by atoms with Crippen LogP contribution in [0, 0.1) is 5.82 Å². The molecule has 1 aromatic carbocycles. The monoisotopic (exact) mass is 224 g/mol. The van der Waals surface area contributed by atoms with E-state index in [9.17, 15) is 13.6 Å². The molecule has 0 amide bonds. The van der Waals surface area contributed by atoms with Crippen molar-refractivity contribution in [3.63, 3.8) is 0 Å². The van der Waals surface area contributed by atoms with Crippen LogP contribution in [0.5, 0.6) is 0 Å². The molecule has 0 saturated heterocycles. The third kappa shape index (κ3) is 2.17. The maximum absolute atomic E-state index is 13.0. The third-order valence-corrected chi connectivity index (χ3v) is 1.91. The number of alkyl halides is 2. The molecular formula is C8H4Cl2F2O. The van der Waals surface area contributed by atoms with Gasteiger partial charge in [-0.05, 0) is 12.1 Å². The molecule has 0 heterocycles. The quantitative estimate of drug-likeness (QED) is 0.557. The van der Waals surface area contributed by atoms with Gasteiger partial charge in [-0.25, -0.2) is 8.78 Å². The summed E-state index contributed by atoms with van der Waals surface area (Å²) in [6, 6.07) is 3.73. The highest BCUT2D eigenvalue weighted by Gasteiger charge is 2.20. The average Bonchev–Trinajstić information content (AvgIpc) is 2.08. The molecule has 70 valence electrons. The Morgan fingerprint density at radius 1 is 1.46 bits per heavy atom. The predicted octanol–water partition coefficient (Wildman–Crippen LogP) is 3.20. The van der Waals surface area contributed by atoms with E-state index in [1.165, 1.54) is 12.1 Å². The summed E-state index contributed by atoms with van der Waals surface area (Å²) in [6.07, 6.45) is 0. The fraction of sp³-hybridized carbons (Fsp3) is 0.125. The first kappa shape index (κ1) is 10.4. The Bertz CT molecular complexity index is 339. The summed E-state index contributed by atoms with van der Waals surface area (Å²) in [5.41, 5.74) is -2.68. The molecule has 0 aromatic heterocycles. The standard InChI is InChI=1S/C8H4Cl2F2O/c9-5-3-1-2-4(6(5)11)7(13)8(10)12/h1-3,8H. The van der Waals surface area contributed by atoms with E-state index in [2.05, 4.69) is 0 Å². The second kappa shape index (κ2) is 4.03. The molecule has 0 N–H and O–H groups in total. The Balaban J connectivity index is 3.15. The number of halogens is 4. The van der Waals surface area contributed by atoms with Gasteiger partial charge < -0.3 is 0 Å². The third-order valence-electron chi connectivity index (χ3n) is 1.42. The minimum atomic E-state index is -2.24. The second-order valence-electron chi connectivity index (χ2n) is 2.27. The molecule has 13 heavy (non-hydrogen) atoms. The Morgan fingerprint density at radius 2 is 2.08 bits per heavy atom. The van der Waals surface area contributed by atoms with Gasteiger partial charge in [-0.1, -0.05) is 29.3 Å². The molecule has 0 aliphatic rings. The van der Waals surface area contributed by atoms with Crippen molar-refractivity contribution < 1.29 is 13.6 Å². The van der Waals surface area contributed by atoms with Crippen LogP contribution in [0.25, 0.3) is 0 Å². The maximum atomic E-state index is 13.0. The smallest absolute Gasteiger partial charge is 0.235 e. The number of benzene rings is 1. The molecule has 1 aromatic rings. The van der Waals surface area contributed by atoms with Crippen LogP contribution < -0.4 is 0 Å². The summed E-state index contributed by atoms with van der Waals surface area (Å²) in [5.74, 6) is -2.07. The molecule has 0 aliphatic carbocycles. The Labute approximate surface area is 83.3 Å². The van der Waals surface area contributed by atoms with Gasteiger partial charge >= 0.3 is 0 Å². The van der Waals surface area contributed by atoms with Crippen LogP contribution >= 0.6 is 23.2 Å². The van der Waals surface area contributed by atoms with Gasteiger partial charge in [0.1, 0.15) is 0 Å². The van der Waals surface area contributed by atoms with Gasteiger partial charge in [0, 0.05) is 0 Å². The minimum Gasteiger partial charge on any atom is -0.289 e. The van der Waals surface area contributed by atoms with E-state index >= 15 is 0 Å². The number of ketones is 1. The molecular weight excluding hydrogens is 221 g/mol.